The minimum Gasteiger partial charge on any atom is -0.147 e. The molecule has 0 N–H and O–H groups in total. The topological polar surface area (TPSA) is 3.24 Å². The first-order chi connectivity index (χ1) is 7.95. The molecule has 0 aromatic heterocycles. The van der Waals surface area contributed by atoms with Crippen LogP contribution in [-0.2, 0) is 25.0 Å². The molecule has 0 radical (unpaired) electrons. The van der Waals surface area contributed by atoms with E-state index in [1.54, 1.807) is 22.0 Å². The molecule has 0 fully saturated rings. The van der Waals surface area contributed by atoms with Gasteiger partial charge in [0, 0.05) is 0 Å². The Morgan fingerprint density at radius 1 is 1.15 bits per heavy atom. The van der Waals surface area contributed by atoms with Gasteiger partial charge in [0.05, 0.1) is 0 Å². The van der Waals surface area contributed by atoms with E-state index in [0.29, 0.717) is 5.04 Å². The predicted molar refractivity (Wildman–Crippen MR) is 98.7 cm³/mol. The van der Waals surface area contributed by atoms with Crippen molar-refractivity contribution in [1.82, 2.24) is 2.84 Å². The zero-order valence-electron chi connectivity index (χ0n) is 14.3. The van der Waals surface area contributed by atoms with Crippen LogP contribution in [0.2, 0.25) is 18.1 Å². The van der Waals surface area contributed by atoms with Crippen LogP contribution < -0.4 is 0 Å². The van der Waals surface area contributed by atoms with Crippen molar-refractivity contribution in [2.24, 2.45) is 0 Å². The molecule has 0 aromatic rings. The molecule has 0 saturated carbocycles. The molecule has 0 saturated heterocycles. The Labute approximate surface area is 158 Å². The molecule has 117 valence electrons. The van der Waals surface area contributed by atoms with Gasteiger partial charge < -0.3 is 0 Å². The van der Waals surface area contributed by atoms with E-state index in [4.69, 9.17) is 0 Å². The molecule has 1 aliphatic rings. The van der Waals surface area contributed by atoms with Gasteiger partial charge in [0.25, 0.3) is 0 Å². The van der Waals surface area contributed by atoms with Gasteiger partial charge in [0.15, 0.2) is 0 Å². The fraction of sp³-hybridized carbons (Fsp3) is 0.714. The average Bonchev–Trinajstić information content (AvgIpc) is 2.40. The Balaban J connectivity index is 0. The smallest absolute Gasteiger partial charge is 0.147 e. The van der Waals surface area contributed by atoms with Crippen LogP contribution in [0.4, 0.5) is 0 Å². The third-order valence-corrected chi connectivity index (χ3v) is 11.2. The average molecular weight is 431 g/mol. The van der Waals surface area contributed by atoms with Gasteiger partial charge >= 0.3 is 134 Å². The second-order valence-corrected chi connectivity index (χ2v) is 12.7. The van der Waals surface area contributed by atoms with Crippen molar-refractivity contribution in [3.05, 3.63) is 22.0 Å². The van der Waals surface area contributed by atoms with E-state index in [9.17, 15) is 0 Å². The third kappa shape index (κ3) is 3.74. The first kappa shape index (κ1) is 23.4. The molecule has 0 heterocycles. The Bertz CT molecular complexity index is 427. The molecular formula is C14H30Cl2NSi2Zr. The monoisotopic (exact) mass is 428 g/mol. The maximum Gasteiger partial charge on any atom is -0.147 e. The van der Waals surface area contributed by atoms with Crippen LogP contribution in [0.5, 0.6) is 0 Å². The van der Waals surface area contributed by atoms with Crippen molar-refractivity contribution in [2.45, 2.75) is 65.2 Å². The summed E-state index contributed by atoms with van der Waals surface area (Å²) < 4.78 is 2.63. The van der Waals surface area contributed by atoms with Gasteiger partial charge in [0.2, 0.25) is 0 Å². The molecule has 0 aliphatic heterocycles. The molecule has 1 atom stereocenters. The maximum atomic E-state index is 2.63. The van der Waals surface area contributed by atoms with E-state index in [2.05, 4.69) is 57.5 Å². The van der Waals surface area contributed by atoms with Crippen LogP contribution in [0, 0.1) is 0 Å². The van der Waals surface area contributed by atoms with Crippen molar-refractivity contribution < 1.29 is 25.0 Å². The summed E-state index contributed by atoms with van der Waals surface area (Å²) in [5, 5.41) is 2.04. The summed E-state index contributed by atoms with van der Waals surface area (Å²) >= 11 is 1.53. The number of hydrogen-bond acceptors (Lipinski definition) is 1. The predicted octanol–water partition coefficient (Wildman–Crippen LogP) is 3.57. The molecule has 0 bridgehead atoms. The summed E-state index contributed by atoms with van der Waals surface area (Å²) in [5.74, 6) is 0. The minimum atomic E-state index is -0.779. The van der Waals surface area contributed by atoms with Gasteiger partial charge in [-0.05, 0) is 0 Å². The summed E-state index contributed by atoms with van der Waals surface area (Å²) in [6, 6.07) is 0. The fourth-order valence-electron chi connectivity index (χ4n) is 2.86. The zero-order chi connectivity index (χ0) is 14.5. The molecule has 20 heavy (non-hydrogen) atoms. The van der Waals surface area contributed by atoms with Crippen LogP contribution in [0.1, 0.15) is 41.5 Å². The number of nitrogens with zero attached hydrogens (tertiary/aromatic N) is 1. The molecule has 0 aromatic carbocycles. The summed E-state index contributed by atoms with van der Waals surface area (Å²) in [4.78, 5) is 0. The van der Waals surface area contributed by atoms with Gasteiger partial charge in [-0.3, -0.25) is 0 Å². The fourth-order valence-corrected chi connectivity index (χ4v) is 8.09. The quantitative estimate of drug-likeness (QED) is 0.606. The van der Waals surface area contributed by atoms with Crippen molar-refractivity contribution in [2.75, 3.05) is 0 Å². The van der Waals surface area contributed by atoms with E-state index >= 15 is 0 Å². The summed E-state index contributed by atoms with van der Waals surface area (Å²) in [5.41, 5.74) is 5.17. The largest absolute Gasteiger partial charge is 0.147 e. The molecule has 6 heteroatoms. The van der Waals surface area contributed by atoms with Crippen molar-refractivity contribution >= 4 is 43.9 Å². The van der Waals surface area contributed by atoms with Crippen molar-refractivity contribution in [3.8, 4) is 0 Å². The van der Waals surface area contributed by atoms with Crippen LogP contribution in [0.3, 0.4) is 0 Å². The van der Waals surface area contributed by atoms with Gasteiger partial charge in [-0.1, -0.05) is 0 Å². The van der Waals surface area contributed by atoms with Gasteiger partial charge in [0.1, 0.15) is 0 Å². The first-order valence-corrected chi connectivity index (χ1v) is 11.9. The molecule has 0 spiro atoms. The second-order valence-electron chi connectivity index (χ2n) is 7.09. The van der Waals surface area contributed by atoms with Gasteiger partial charge in [-0.25, -0.2) is 0 Å². The van der Waals surface area contributed by atoms with Crippen LogP contribution >= 0.6 is 24.8 Å². The van der Waals surface area contributed by atoms with Crippen LogP contribution in [-0.4, -0.2) is 27.4 Å². The molecule has 1 nitrogen and oxygen atoms in total. The summed E-state index contributed by atoms with van der Waals surface area (Å²) in [6.07, 6.45) is 0. The van der Waals surface area contributed by atoms with Crippen molar-refractivity contribution in [3.63, 3.8) is 0 Å². The van der Waals surface area contributed by atoms with Gasteiger partial charge in [-0.15, -0.1) is 24.8 Å². The van der Waals surface area contributed by atoms with Gasteiger partial charge in [-0.2, -0.15) is 0 Å². The normalized spacial score (nSPS) is 23.0. The molecule has 1 rings (SSSR count). The molecule has 0 amide bonds. The van der Waals surface area contributed by atoms with E-state index in [-0.39, 0.29) is 30.4 Å². The van der Waals surface area contributed by atoms with Crippen LogP contribution in [0.25, 0.3) is 0 Å². The standard InChI is InChI=1S/C14H28NSi2.2ClH.Zr/c1-9-10(2)14(6,17(7)8)12(11(9)16)15-13(3,4)5;;;/h17H,1-8,16H3;2*1H;/q-1;;;+1. The Morgan fingerprint density at radius 2 is 1.55 bits per heavy atom. The van der Waals surface area contributed by atoms with Crippen LogP contribution in [0.15, 0.2) is 22.0 Å². The van der Waals surface area contributed by atoms with E-state index < -0.39 is 8.80 Å². The van der Waals surface area contributed by atoms with E-state index in [1.807, 2.05) is 0 Å². The van der Waals surface area contributed by atoms with E-state index in [1.165, 1.54) is 35.3 Å². The molecule has 1 aliphatic carbocycles. The zero-order valence-corrected chi connectivity index (χ0v) is 21.6. The number of allylic oxidation sites excluding steroid dienone is 3. The number of hydrogen-bond donors (Lipinski definition) is 0. The molecule has 1 unspecified atom stereocenters. The molecular weight excluding hydrogens is 400 g/mol. The van der Waals surface area contributed by atoms with E-state index in [0.717, 1.165) is 0 Å². The summed E-state index contributed by atoms with van der Waals surface area (Å²) in [6.45, 7) is 19.3. The number of rotatable bonds is 2. The first-order valence-electron chi connectivity index (χ1n) is 6.86. The third-order valence-electron chi connectivity index (χ3n) is 4.80. The maximum absolute atomic E-state index is 2.63. The Kier molecular flexibility index (Phi) is 8.95. The minimum absolute atomic E-state index is 0. The Morgan fingerprint density at radius 3 is 1.85 bits per heavy atom. The van der Waals surface area contributed by atoms with Crippen molar-refractivity contribution in [1.29, 1.82) is 0 Å². The second kappa shape index (κ2) is 7.63. The SMILES string of the molecule is CC1=C(C)C(C)([SiH](C)C)C([N]([Zr])C(C)(C)C)=C1[SiH3].Cl.Cl. The summed E-state index contributed by atoms with van der Waals surface area (Å²) in [7, 11) is 0.394. The number of halogens is 2. The Hall–Kier alpha value is 1.18.